The van der Waals surface area contributed by atoms with Gasteiger partial charge in [0.1, 0.15) is 11.5 Å². The van der Waals surface area contributed by atoms with Gasteiger partial charge in [0, 0.05) is 4.47 Å². The maximum atomic E-state index is 12.3. The van der Waals surface area contributed by atoms with Gasteiger partial charge in [-0.3, -0.25) is 4.79 Å². The maximum Gasteiger partial charge on any atom is 0.253 e. The molecule has 0 radical (unpaired) electrons. The van der Waals surface area contributed by atoms with Crippen LogP contribution in [0.2, 0.25) is 0 Å². The fourth-order valence-corrected chi connectivity index (χ4v) is 2.38. The predicted octanol–water partition coefficient (Wildman–Crippen LogP) is 3.65. The Hall–Kier alpha value is -2.01. The van der Waals surface area contributed by atoms with E-state index in [0.29, 0.717) is 15.8 Å². The maximum absolute atomic E-state index is 12.3. The molecule has 0 fully saturated rings. The molecule has 1 amide bonds. The molecular weight excluding hydrogens is 334 g/mol. The topological polar surface area (TPSA) is 58.6 Å². The Morgan fingerprint density at radius 3 is 2.71 bits per heavy atom. The molecular formula is C16H16BrNO3. The Labute approximate surface area is 131 Å². The van der Waals surface area contributed by atoms with E-state index in [1.807, 2.05) is 13.0 Å². The summed E-state index contributed by atoms with van der Waals surface area (Å²) in [5.74, 6) is 0.584. The Balaban J connectivity index is 2.18. The lowest BCUT2D eigenvalue weighted by Crippen LogP contribution is -2.26. The van der Waals surface area contributed by atoms with Crippen LogP contribution in [0.5, 0.6) is 11.5 Å². The summed E-state index contributed by atoms with van der Waals surface area (Å²) < 4.78 is 5.83. The molecule has 0 saturated heterocycles. The van der Waals surface area contributed by atoms with E-state index in [0.717, 1.165) is 5.56 Å². The molecule has 4 nitrogen and oxygen atoms in total. The molecule has 0 heterocycles. The van der Waals surface area contributed by atoms with E-state index in [2.05, 4.69) is 21.2 Å². The van der Waals surface area contributed by atoms with Gasteiger partial charge < -0.3 is 15.2 Å². The van der Waals surface area contributed by atoms with Crippen LogP contribution in [0.15, 0.2) is 46.9 Å². The van der Waals surface area contributed by atoms with Gasteiger partial charge >= 0.3 is 0 Å². The SMILES string of the molecule is COc1ccc(Br)c(C(=O)NC(C)c2cccc(O)c2)c1. The van der Waals surface area contributed by atoms with E-state index in [-0.39, 0.29) is 17.7 Å². The van der Waals surface area contributed by atoms with Crippen molar-refractivity contribution in [2.24, 2.45) is 0 Å². The van der Waals surface area contributed by atoms with Crippen LogP contribution in [0.25, 0.3) is 0 Å². The van der Waals surface area contributed by atoms with E-state index in [1.165, 1.54) is 0 Å². The van der Waals surface area contributed by atoms with Crippen molar-refractivity contribution < 1.29 is 14.6 Å². The van der Waals surface area contributed by atoms with Crippen LogP contribution in [0.1, 0.15) is 28.9 Å². The van der Waals surface area contributed by atoms with Gasteiger partial charge in [-0.25, -0.2) is 0 Å². The zero-order valence-corrected chi connectivity index (χ0v) is 13.3. The summed E-state index contributed by atoms with van der Waals surface area (Å²) in [5.41, 5.74) is 1.34. The monoisotopic (exact) mass is 349 g/mol. The van der Waals surface area contributed by atoms with Gasteiger partial charge in [-0.05, 0) is 58.7 Å². The van der Waals surface area contributed by atoms with Crippen molar-refractivity contribution in [3.8, 4) is 11.5 Å². The molecule has 5 heteroatoms. The first-order chi connectivity index (χ1) is 10.0. The number of carbonyl (C=O) groups is 1. The lowest BCUT2D eigenvalue weighted by atomic mass is 10.1. The van der Waals surface area contributed by atoms with Crippen LogP contribution >= 0.6 is 15.9 Å². The smallest absolute Gasteiger partial charge is 0.253 e. The number of hydrogen-bond donors (Lipinski definition) is 2. The number of hydrogen-bond acceptors (Lipinski definition) is 3. The average molecular weight is 350 g/mol. The van der Waals surface area contributed by atoms with Crippen LogP contribution < -0.4 is 10.1 Å². The molecule has 2 aromatic rings. The minimum atomic E-state index is -0.220. The van der Waals surface area contributed by atoms with Crippen molar-refractivity contribution in [2.75, 3.05) is 7.11 Å². The number of halogens is 1. The minimum Gasteiger partial charge on any atom is -0.508 e. The predicted molar refractivity (Wildman–Crippen MR) is 84.7 cm³/mol. The summed E-state index contributed by atoms with van der Waals surface area (Å²) in [6, 6.07) is 11.8. The first kappa shape index (κ1) is 15.4. The third kappa shape index (κ3) is 3.76. The molecule has 0 aromatic heterocycles. The lowest BCUT2D eigenvalue weighted by molar-refractivity contribution is 0.0938. The first-order valence-corrected chi connectivity index (χ1v) is 7.24. The van der Waals surface area contributed by atoms with E-state index >= 15 is 0 Å². The van der Waals surface area contributed by atoms with Crippen LogP contribution in [0.4, 0.5) is 0 Å². The fourth-order valence-electron chi connectivity index (χ4n) is 1.96. The van der Waals surface area contributed by atoms with Crippen LogP contribution in [-0.2, 0) is 0 Å². The third-order valence-electron chi connectivity index (χ3n) is 3.14. The second-order valence-corrected chi connectivity index (χ2v) is 5.49. The number of benzene rings is 2. The summed E-state index contributed by atoms with van der Waals surface area (Å²) in [4.78, 5) is 12.3. The largest absolute Gasteiger partial charge is 0.508 e. The summed E-state index contributed by atoms with van der Waals surface area (Å²) in [6.07, 6.45) is 0. The molecule has 0 aliphatic carbocycles. The molecule has 2 rings (SSSR count). The van der Waals surface area contributed by atoms with Gasteiger partial charge in [0.15, 0.2) is 0 Å². The van der Waals surface area contributed by atoms with Gasteiger partial charge in [-0.1, -0.05) is 12.1 Å². The molecule has 1 atom stereocenters. The number of ether oxygens (including phenoxy) is 1. The molecule has 1 unspecified atom stereocenters. The fraction of sp³-hybridized carbons (Fsp3) is 0.188. The number of amides is 1. The van der Waals surface area contributed by atoms with Crippen LogP contribution in [-0.4, -0.2) is 18.1 Å². The zero-order chi connectivity index (χ0) is 15.4. The highest BCUT2D eigenvalue weighted by Crippen LogP contribution is 2.24. The number of phenols is 1. The number of rotatable bonds is 4. The standard InChI is InChI=1S/C16H16BrNO3/c1-10(11-4-3-5-12(19)8-11)18-16(20)14-9-13(21-2)6-7-15(14)17/h3-10,19H,1-2H3,(H,18,20). The summed E-state index contributed by atoms with van der Waals surface area (Å²) in [6.45, 7) is 1.86. The highest BCUT2D eigenvalue weighted by molar-refractivity contribution is 9.10. The number of nitrogens with one attached hydrogen (secondary N) is 1. The van der Waals surface area contributed by atoms with Gasteiger partial charge in [-0.2, -0.15) is 0 Å². The molecule has 0 bridgehead atoms. The number of aromatic hydroxyl groups is 1. The van der Waals surface area contributed by atoms with Crippen molar-refractivity contribution in [3.05, 3.63) is 58.1 Å². The highest BCUT2D eigenvalue weighted by atomic mass is 79.9. The van der Waals surface area contributed by atoms with Crippen molar-refractivity contribution in [3.63, 3.8) is 0 Å². The van der Waals surface area contributed by atoms with Crippen molar-refractivity contribution in [1.29, 1.82) is 0 Å². The Kier molecular flexibility index (Phi) is 4.85. The second-order valence-electron chi connectivity index (χ2n) is 4.64. The van der Waals surface area contributed by atoms with E-state index in [1.54, 1.807) is 43.5 Å². The third-order valence-corrected chi connectivity index (χ3v) is 3.83. The van der Waals surface area contributed by atoms with Gasteiger partial charge in [0.05, 0.1) is 18.7 Å². The summed E-state index contributed by atoms with van der Waals surface area (Å²) in [7, 11) is 1.56. The molecule has 0 saturated carbocycles. The second kappa shape index (κ2) is 6.63. The average Bonchev–Trinajstić information content (AvgIpc) is 2.47. The van der Waals surface area contributed by atoms with Crippen molar-refractivity contribution >= 4 is 21.8 Å². The van der Waals surface area contributed by atoms with E-state index < -0.39 is 0 Å². The van der Waals surface area contributed by atoms with Gasteiger partial charge in [-0.15, -0.1) is 0 Å². The first-order valence-electron chi connectivity index (χ1n) is 6.44. The molecule has 2 N–H and O–H groups in total. The van der Waals surface area contributed by atoms with E-state index in [4.69, 9.17) is 4.74 Å². The van der Waals surface area contributed by atoms with Gasteiger partial charge in [0.25, 0.3) is 5.91 Å². The Morgan fingerprint density at radius 1 is 1.29 bits per heavy atom. The normalized spacial score (nSPS) is 11.8. The number of carbonyl (C=O) groups excluding carboxylic acids is 1. The Morgan fingerprint density at radius 2 is 2.05 bits per heavy atom. The molecule has 21 heavy (non-hydrogen) atoms. The highest BCUT2D eigenvalue weighted by Gasteiger charge is 2.15. The van der Waals surface area contributed by atoms with Crippen LogP contribution in [0, 0.1) is 0 Å². The number of methoxy groups -OCH3 is 1. The summed E-state index contributed by atoms with van der Waals surface area (Å²) >= 11 is 3.36. The molecule has 110 valence electrons. The van der Waals surface area contributed by atoms with Crippen LogP contribution in [0.3, 0.4) is 0 Å². The van der Waals surface area contributed by atoms with Crippen molar-refractivity contribution in [2.45, 2.75) is 13.0 Å². The van der Waals surface area contributed by atoms with Crippen molar-refractivity contribution in [1.82, 2.24) is 5.32 Å². The summed E-state index contributed by atoms with van der Waals surface area (Å²) in [5, 5.41) is 12.4. The zero-order valence-electron chi connectivity index (χ0n) is 11.8. The van der Waals surface area contributed by atoms with E-state index in [9.17, 15) is 9.90 Å². The van der Waals surface area contributed by atoms with Gasteiger partial charge in [0.2, 0.25) is 0 Å². The molecule has 0 spiro atoms. The Bertz CT molecular complexity index is 658. The lowest BCUT2D eigenvalue weighted by Gasteiger charge is -2.15. The molecule has 0 aliphatic rings. The molecule has 2 aromatic carbocycles. The molecule has 0 aliphatic heterocycles. The quantitative estimate of drug-likeness (QED) is 0.885. The number of phenolic OH excluding ortho intramolecular Hbond substituents is 1. The minimum absolute atomic E-state index is 0.177.